The summed E-state index contributed by atoms with van der Waals surface area (Å²) >= 11 is 0. The molecule has 0 aromatic carbocycles. The van der Waals surface area contributed by atoms with Crippen molar-refractivity contribution in [2.45, 2.75) is 37.9 Å². The fourth-order valence-corrected chi connectivity index (χ4v) is 6.65. The predicted octanol–water partition coefficient (Wildman–Crippen LogP) is 0.374. The molecule has 2 aliphatic rings. The average molecular weight is 547 g/mol. The van der Waals surface area contributed by atoms with Gasteiger partial charge >= 0.3 is 23.5 Å². The lowest BCUT2D eigenvalue weighted by atomic mass is 9.84. The zero-order valence-corrected chi connectivity index (χ0v) is 20.0. The first-order chi connectivity index (χ1) is 15.6. The van der Waals surface area contributed by atoms with Crippen LogP contribution in [0.4, 0.5) is 5.82 Å². The van der Waals surface area contributed by atoms with Gasteiger partial charge in [-0.15, -0.1) is 0 Å². The monoisotopic (exact) mass is 547 g/mol. The topological polar surface area (TPSA) is 257 Å². The molecule has 0 aliphatic carbocycles. The maximum atomic E-state index is 12.2. The minimum Gasteiger partial charge on any atom is -0.382 e. The van der Waals surface area contributed by atoms with Crippen molar-refractivity contribution < 1.29 is 60.9 Å². The first-order valence-corrected chi connectivity index (χ1v) is 13.9. The van der Waals surface area contributed by atoms with Crippen molar-refractivity contribution in [3.05, 3.63) is 12.7 Å². The van der Waals surface area contributed by atoms with E-state index in [1.54, 1.807) is 13.8 Å². The molecule has 4 heterocycles. The second kappa shape index (κ2) is 8.64. The van der Waals surface area contributed by atoms with Crippen molar-refractivity contribution in [1.29, 1.82) is 0 Å². The molecule has 190 valence electrons. The van der Waals surface area contributed by atoms with Gasteiger partial charge in [0.15, 0.2) is 29.9 Å². The number of nitrogen functional groups attached to an aromatic ring is 1. The van der Waals surface area contributed by atoms with Crippen LogP contribution in [0.1, 0.15) is 20.1 Å². The predicted molar refractivity (Wildman–Crippen MR) is 107 cm³/mol. The standard InChI is InChI=1S/C13H20N5O13P3/c1-6(2)13(3-26-33(22,23)31-34(24,25)30-32(19,20)21)9-8(28-29-9)12(27-13)18-5-17-7-10(14)15-4-16-11(7)18/h4-6,8-9,12H,3H2,1-2H3,(H,22,23)(H,24,25)(H2,14,15,16)(H2,19,20,21)/t8-,9+,12-,13+/m1/s1. The minimum atomic E-state index is -5.68. The summed E-state index contributed by atoms with van der Waals surface area (Å²) in [6.07, 6.45) is 0.149. The van der Waals surface area contributed by atoms with Gasteiger partial charge in [-0.25, -0.2) is 38.4 Å². The van der Waals surface area contributed by atoms with Crippen LogP contribution in [0.5, 0.6) is 0 Å². The van der Waals surface area contributed by atoms with Crippen LogP contribution >= 0.6 is 23.5 Å². The SMILES string of the molecule is CC(C)[C@]1(COP(=O)(O)OP(=O)(O)OP(=O)(O)O)O[C@@H](n2cnc3c(N)ncnc32)[C@@H]2OO[C@@H]21. The number of hydrogen-bond acceptors (Lipinski definition) is 13. The molecular formula is C13H20N5O13P3. The number of imidazole rings is 1. The molecule has 0 saturated carbocycles. The van der Waals surface area contributed by atoms with E-state index < -0.39 is 60.0 Å². The molecule has 0 amide bonds. The van der Waals surface area contributed by atoms with Crippen molar-refractivity contribution in [3.8, 4) is 0 Å². The summed E-state index contributed by atoms with van der Waals surface area (Å²) in [5, 5.41) is 0. The minimum absolute atomic E-state index is 0.131. The van der Waals surface area contributed by atoms with Gasteiger partial charge in [0.05, 0.1) is 12.9 Å². The highest BCUT2D eigenvalue weighted by Gasteiger charge is 2.66. The van der Waals surface area contributed by atoms with Crippen LogP contribution in [0.15, 0.2) is 12.7 Å². The highest BCUT2D eigenvalue weighted by molar-refractivity contribution is 7.66. The Morgan fingerprint density at radius 1 is 1.12 bits per heavy atom. The summed E-state index contributed by atoms with van der Waals surface area (Å²) < 4.78 is 54.6. The third kappa shape index (κ3) is 4.83. The Balaban J connectivity index is 1.56. The fourth-order valence-electron chi connectivity index (χ4n) is 3.60. The number of ether oxygens (including phenoxy) is 1. The van der Waals surface area contributed by atoms with Gasteiger partial charge in [0.1, 0.15) is 17.4 Å². The molecule has 0 bridgehead atoms. The first-order valence-electron chi connectivity index (χ1n) is 9.35. The van der Waals surface area contributed by atoms with Crippen molar-refractivity contribution in [1.82, 2.24) is 19.5 Å². The number of phosphoric ester groups is 1. The molecule has 0 spiro atoms. The third-order valence-electron chi connectivity index (χ3n) is 5.18. The molecule has 2 unspecified atom stereocenters. The van der Waals surface area contributed by atoms with Gasteiger partial charge in [-0.05, 0) is 5.92 Å². The highest BCUT2D eigenvalue weighted by Crippen LogP contribution is 2.66. The molecule has 2 aromatic rings. The number of nitrogens with two attached hydrogens (primary N) is 1. The van der Waals surface area contributed by atoms with Crippen LogP contribution in [0, 0.1) is 5.92 Å². The van der Waals surface area contributed by atoms with Crippen molar-refractivity contribution >= 4 is 40.4 Å². The molecule has 18 nitrogen and oxygen atoms in total. The lowest BCUT2D eigenvalue weighted by molar-refractivity contribution is -0.470. The van der Waals surface area contributed by atoms with Crippen molar-refractivity contribution in [2.75, 3.05) is 12.3 Å². The summed E-state index contributed by atoms with van der Waals surface area (Å²) in [4.78, 5) is 59.0. The maximum Gasteiger partial charge on any atom is 0.490 e. The molecule has 0 radical (unpaired) electrons. The molecule has 21 heteroatoms. The maximum absolute atomic E-state index is 12.2. The van der Waals surface area contributed by atoms with Crippen LogP contribution in [0.25, 0.3) is 11.2 Å². The Morgan fingerprint density at radius 3 is 2.41 bits per heavy atom. The second-order valence-electron chi connectivity index (χ2n) is 7.64. The van der Waals surface area contributed by atoms with Gasteiger partial charge in [0.25, 0.3) is 0 Å². The highest BCUT2D eigenvalue weighted by atomic mass is 31.3. The molecule has 2 aliphatic heterocycles. The Morgan fingerprint density at radius 2 is 1.82 bits per heavy atom. The Kier molecular flexibility index (Phi) is 6.54. The van der Waals surface area contributed by atoms with E-state index in [-0.39, 0.29) is 5.82 Å². The van der Waals surface area contributed by atoms with Gasteiger partial charge in [-0.3, -0.25) is 9.09 Å². The third-order valence-corrected chi connectivity index (χ3v) is 8.96. The van der Waals surface area contributed by atoms with E-state index >= 15 is 0 Å². The van der Waals surface area contributed by atoms with E-state index in [9.17, 15) is 23.5 Å². The van der Waals surface area contributed by atoms with E-state index in [0.717, 1.165) is 0 Å². The van der Waals surface area contributed by atoms with Crippen LogP contribution in [0.3, 0.4) is 0 Å². The normalized spacial score (nSPS) is 30.6. The van der Waals surface area contributed by atoms with Gasteiger partial charge in [0.2, 0.25) is 0 Å². The smallest absolute Gasteiger partial charge is 0.382 e. The summed E-state index contributed by atoms with van der Waals surface area (Å²) in [6.45, 7) is 2.65. The molecule has 2 aromatic heterocycles. The number of anilines is 1. The number of rotatable bonds is 9. The van der Waals surface area contributed by atoms with Gasteiger partial charge in [-0.1, -0.05) is 13.8 Å². The van der Waals surface area contributed by atoms with Crippen LogP contribution < -0.4 is 5.73 Å². The lowest BCUT2D eigenvalue weighted by Gasteiger charge is -2.40. The van der Waals surface area contributed by atoms with E-state index in [4.69, 9.17) is 34.6 Å². The van der Waals surface area contributed by atoms with Crippen molar-refractivity contribution in [3.63, 3.8) is 0 Å². The molecule has 6 N–H and O–H groups in total. The van der Waals surface area contributed by atoms with Gasteiger partial charge in [0, 0.05) is 0 Å². The number of aromatic nitrogens is 4. The fraction of sp³-hybridized carbons (Fsp3) is 0.615. The molecular weight excluding hydrogens is 527 g/mol. The zero-order valence-electron chi connectivity index (χ0n) is 17.3. The van der Waals surface area contributed by atoms with E-state index in [2.05, 4.69) is 23.6 Å². The van der Waals surface area contributed by atoms with Crippen molar-refractivity contribution in [2.24, 2.45) is 5.92 Å². The van der Waals surface area contributed by atoms with Crippen LogP contribution in [0.2, 0.25) is 0 Å². The molecule has 2 fully saturated rings. The number of phosphoric acid groups is 3. The largest absolute Gasteiger partial charge is 0.490 e. The lowest BCUT2D eigenvalue weighted by Crippen LogP contribution is -2.57. The molecule has 6 atom stereocenters. The number of fused-ring (bicyclic) bond motifs is 2. The van der Waals surface area contributed by atoms with Crippen LogP contribution in [-0.4, -0.2) is 63.5 Å². The Labute approximate surface area is 190 Å². The second-order valence-corrected chi connectivity index (χ2v) is 12.1. The van der Waals surface area contributed by atoms with E-state index in [1.165, 1.54) is 17.2 Å². The number of hydrogen-bond donors (Lipinski definition) is 5. The quantitative estimate of drug-likeness (QED) is 0.210. The van der Waals surface area contributed by atoms with E-state index in [1.807, 2.05) is 0 Å². The summed E-state index contributed by atoms with van der Waals surface area (Å²) in [6, 6.07) is 0. The Bertz CT molecular complexity index is 1230. The summed E-state index contributed by atoms with van der Waals surface area (Å²) in [5.41, 5.74) is 4.98. The van der Waals surface area contributed by atoms with Crippen LogP contribution in [-0.2, 0) is 41.4 Å². The van der Waals surface area contributed by atoms with Gasteiger partial charge < -0.3 is 30.0 Å². The first kappa shape index (κ1) is 25.7. The molecule has 2 saturated heterocycles. The molecule has 4 rings (SSSR count). The number of nitrogens with zero attached hydrogens (tertiary/aromatic N) is 4. The zero-order chi connectivity index (χ0) is 25.1. The molecule has 34 heavy (non-hydrogen) atoms. The van der Waals surface area contributed by atoms with Gasteiger partial charge in [-0.2, -0.15) is 8.62 Å². The summed E-state index contributed by atoms with van der Waals surface area (Å²) in [7, 11) is -16.6. The Hall–Kier alpha value is -1.36. The average Bonchev–Trinajstić information content (AvgIpc) is 3.15. The van der Waals surface area contributed by atoms with E-state index in [0.29, 0.717) is 11.2 Å². The summed E-state index contributed by atoms with van der Waals surface area (Å²) in [5.74, 6) is -0.317.